The van der Waals surface area contributed by atoms with Crippen molar-refractivity contribution < 1.29 is 22.2 Å². The number of aromatic nitrogens is 6. The van der Waals surface area contributed by atoms with Gasteiger partial charge in [-0.2, -0.15) is 18.3 Å². The number of carbonyl (C=O) groups excluding carboxylic acids is 1. The number of nitrogen functional groups attached to an aromatic ring is 1. The third kappa shape index (κ3) is 5.02. The van der Waals surface area contributed by atoms with E-state index >= 15 is 0 Å². The van der Waals surface area contributed by atoms with Crippen molar-refractivity contribution >= 4 is 43.5 Å². The lowest BCUT2D eigenvalue weighted by atomic mass is 10.0. The summed E-state index contributed by atoms with van der Waals surface area (Å²) in [7, 11) is -3.96. The molecule has 0 aliphatic rings. The quantitative estimate of drug-likeness (QED) is 0.163. The summed E-state index contributed by atoms with van der Waals surface area (Å²) in [5.41, 5.74) is 8.16. The van der Waals surface area contributed by atoms with Crippen LogP contribution in [0, 0.1) is 18.6 Å². The van der Waals surface area contributed by atoms with E-state index < -0.39 is 27.6 Å². The summed E-state index contributed by atoms with van der Waals surface area (Å²) in [5.74, 6) is 0.0534. The van der Waals surface area contributed by atoms with Crippen molar-refractivity contribution in [3.63, 3.8) is 0 Å². The SMILES string of the molecule is Cc1ccc(S(=N)(=O)n2c(C(=O)c3cnn(-c4ccc5nc(C)[nH]c5c4)c3N)cc3ccc(-c4cccnc4C(F)(F)F)cc32)cc1. The van der Waals surface area contributed by atoms with Gasteiger partial charge in [-0.15, -0.1) is 0 Å². The molecule has 4 aromatic heterocycles. The Kier molecular flexibility index (Phi) is 6.79. The number of nitrogens with zero attached hydrogens (tertiary/aromatic N) is 5. The zero-order valence-corrected chi connectivity index (χ0v) is 25.6. The predicted octanol–water partition coefficient (Wildman–Crippen LogP) is 7.08. The maximum absolute atomic E-state index is 14.5. The maximum Gasteiger partial charge on any atom is 0.433 e. The highest BCUT2D eigenvalue weighted by Crippen LogP contribution is 2.38. The van der Waals surface area contributed by atoms with E-state index in [-0.39, 0.29) is 38.6 Å². The van der Waals surface area contributed by atoms with Crippen molar-refractivity contribution in [2.24, 2.45) is 0 Å². The van der Waals surface area contributed by atoms with Gasteiger partial charge in [-0.1, -0.05) is 35.9 Å². The van der Waals surface area contributed by atoms with Crippen LogP contribution < -0.4 is 5.73 Å². The number of hydrogen-bond donors (Lipinski definition) is 3. The highest BCUT2D eigenvalue weighted by atomic mass is 32.2. The molecule has 14 heteroatoms. The van der Waals surface area contributed by atoms with Crippen molar-refractivity contribution in [2.75, 3.05) is 5.73 Å². The van der Waals surface area contributed by atoms with Crippen LogP contribution in [0.25, 0.3) is 38.8 Å². The molecule has 47 heavy (non-hydrogen) atoms. The fourth-order valence-corrected chi connectivity index (χ4v) is 7.17. The first-order valence-corrected chi connectivity index (χ1v) is 15.7. The number of carbonyl (C=O) groups is 1. The largest absolute Gasteiger partial charge is 0.433 e. The first kappa shape index (κ1) is 29.9. The average Bonchev–Trinajstić information content (AvgIpc) is 3.73. The van der Waals surface area contributed by atoms with E-state index in [4.69, 9.17) is 10.5 Å². The summed E-state index contributed by atoms with van der Waals surface area (Å²) in [5, 5.41) is 4.72. The molecule has 7 rings (SSSR count). The molecule has 0 fully saturated rings. The molecule has 4 heterocycles. The lowest BCUT2D eigenvalue weighted by Crippen LogP contribution is -2.18. The van der Waals surface area contributed by atoms with Crippen molar-refractivity contribution in [1.82, 2.24) is 28.7 Å². The van der Waals surface area contributed by atoms with Gasteiger partial charge in [-0.25, -0.2) is 22.6 Å². The maximum atomic E-state index is 14.5. The number of benzene rings is 3. The lowest BCUT2D eigenvalue weighted by molar-refractivity contribution is -0.140. The Labute approximate surface area is 265 Å². The molecule has 0 aliphatic heterocycles. The first-order chi connectivity index (χ1) is 22.3. The second-order valence-corrected chi connectivity index (χ2v) is 12.9. The monoisotopic (exact) mass is 654 g/mol. The molecule has 0 radical (unpaired) electrons. The van der Waals surface area contributed by atoms with E-state index in [0.29, 0.717) is 11.1 Å². The summed E-state index contributed by atoms with van der Waals surface area (Å²) in [6, 6.07) is 20.2. The van der Waals surface area contributed by atoms with E-state index in [0.717, 1.165) is 32.6 Å². The number of halogens is 3. The van der Waals surface area contributed by atoms with Crippen molar-refractivity contribution in [3.05, 3.63) is 120 Å². The topological polar surface area (TPSA) is 148 Å². The number of H-pyrrole nitrogens is 1. The Morgan fingerprint density at radius 1 is 1.00 bits per heavy atom. The Morgan fingerprint density at radius 3 is 2.51 bits per heavy atom. The van der Waals surface area contributed by atoms with Crippen LogP contribution in [0.5, 0.6) is 0 Å². The number of aryl methyl sites for hydroxylation is 2. The molecule has 0 amide bonds. The summed E-state index contributed by atoms with van der Waals surface area (Å²) in [4.78, 5) is 25.4. The number of anilines is 1. The minimum atomic E-state index is -4.74. The van der Waals surface area contributed by atoms with Crippen LogP contribution in [0.2, 0.25) is 0 Å². The third-order valence-electron chi connectivity index (χ3n) is 7.86. The molecule has 3 aromatic carbocycles. The molecule has 0 saturated heterocycles. The van der Waals surface area contributed by atoms with Crippen molar-refractivity contribution in [1.29, 1.82) is 4.78 Å². The summed E-state index contributed by atoms with van der Waals surface area (Å²) < 4.78 is 67.8. The predicted molar refractivity (Wildman–Crippen MR) is 172 cm³/mol. The number of rotatable bonds is 6. The molecular weight excluding hydrogens is 629 g/mol. The van der Waals surface area contributed by atoms with Crippen LogP contribution in [0.4, 0.5) is 19.0 Å². The Morgan fingerprint density at radius 2 is 1.77 bits per heavy atom. The molecule has 10 nitrogen and oxygen atoms in total. The normalized spacial score (nSPS) is 13.3. The van der Waals surface area contributed by atoms with Gasteiger partial charge in [-0.05, 0) is 67.9 Å². The minimum absolute atomic E-state index is 0.0000711. The zero-order valence-electron chi connectivity index (χ0n) is 24.8. The number of pyridine rings is 1. The molecule has 4 N–H and O–H groups in total. The second kappa shape index (κ2) is 10.7. The van der Waals surface area contributed by atoms with E-state index in [9.17, 15) is 22.2 Å². The summed E-state index contributed by atoms with van der Waals surface area (Å²) in [6.45, 7) is 3.66. The number of imidazole rings is 1. The Bertz CT molecular complexity index is 2480. The molecule has 0 spiro atoms. The number of ketones is 1. The van der Waals surface area contributed by atoms with Gasteiger partial charge in [0.2, 0.25) is 5.78 Å². The van der Waals surface area contributed by atoms with Crippen LogP contribution in [0.3, 0.4) is 0 Å². The average molecular weight is 655 g/mol. The number of fused-ring (bicyclic) bond motifs is 2. The number of nitrogens with two attached hydrogens (primary N) is 1. The summed E-state index contributed by atoms with van der Waals surface area (Å²) in [6.07, 6.45) is -2.40. The summed E-state index contributed by atoms with van der Waals surface area (Å²) >= 11 is 0. The van der Waals surface area contributed by atoms with E-state index in [2.05, 4.69) is 20.1 Å². The van der Waals surface area contributed by atoms with Gasteiger partial charge in [0.05, 0.1) is 38.9 Å². The van der Waals surface area contributed by atoms with Crippen LogP contribution >= 0.6 is 0 Å². The highest BCUT2D eigenvalue weighted by Gasteiger charge is 2.36. The number of hydrogen-bond acceptors (Lipinski definition) is 7. The van der Waals surface area contributed by atoms with Gasteiger partial charge < -0.3 is 10.7 Å². The standard InChI is InChI=1S/C33H25F3N8O2S/c1-18-5-10-23(11-6-18)47(38,46)44-28-14-20(24-4-3-13-39-31(24)33(34,35)36)7-8-21(28)15-29(44)30(45)25-17-40-43(32(25)37)22-9-12-26-27(16-22)42-19(2)41-26/h3-17,38H,37H2,1-2H3,(H,41,42). The number of alkyl halides is 3. The van der Waals surface area contributed by atoms with Crippen LogP contribution in [-0.4, -0.2) is 38.7 Å². The van der Waals surface area contributed by atoms with Gasteiger partial charge in [-0.3, -0.25) is 9.78 Å². The molecule has 236 valence electrons. The van der Waals surface area contributed by atoms with E-state index in [1.807, 2.05) is 13.8 Å². The lowest BCUT2D eigenvalue weighted by Gasteiger charge is -2.16. The van der Waals surface area contributed by atoms with Crippen molar-refractivity contribution in [2.45, 2.75) is 24.9 Å². The fourth-order valence-electron chi connectivity index (χ4n) is 5.61. The number of aromatic amines is 1. The van der Waals surface area contributed by atoms with E-state index in [1.165, 1.54) is 59.4 Å². The fraction of sp³-hybridized carbons (Fsp3) is 0.0909. The minimum Gasteiger partial charge on any atom is -0.383 e. The van der Waals surface area contributed by atoms with Crippen molar-refractivity contribution in [3.8, 4) is 16.8 Å². The van der Waals surface area contributed by atoms with Gasteiger partial charge >= 0.3 is 6.18 Å². The third-order valence-corrected chi connectivity index (χ3v) is 9.68. The highest BCUT2D eigenvalue weighted by molar-refractivity contribution is 7.91. The van der Waals surface area contributed by atoms with E-state index in [1.54, 1.807) is 30.3 Å². The Hall–Kier alpha value is -5.76. The molecule has 7 aromatic rings. The molecule has 0 bridgehead atoms. The van der Waals surface area contributed by atoms with Gasteiger partial charge in [0.1, 0.15) is 17.3 Å². The first-order valence-electron chi connectivity index (χ1n) is 14.2. The van der Waals surface area contributed by atoms with Gasteiger partial charge in [0.15, 0.2) is 15.6 Å². The Balaban J connectivity index is 1.42. The van der Waals surface area contributed by atoms with Gasteiger partial charge in [0.25, 0.3) is 0 Å². The number of nitrogens with one attached hydrogen (secondary N) is 2. The molecule has 0 aliphatic carbocycles. The molecular formula is C33H25F3N8O2S. The molecule has 1 atom stereocenters. The van der Waals surface area contributed by atoms with Crippen LogP contribution in [0.1, 0.15) is 33.1 Å². The molecule has 0 saturated carbocycles. The molecule has 1 unspecified atom stereocenters. The smallest absolute Gasteiger partial charge is 0.383 e. The second-order valence-electron chi connectivity index (χ2n) is 11.0. The van der Waals surface area contributed by atoms with Gasteiger partial charge in [0, 0.05) is 17.1 Å². The zero-order chi connectivity index (χ0) is 33.2. The van der Waals surface area contributed by atoms with Crippen LogP contribution in [0.15, 0.2) is 96.2 Å². The van der Waals surface area contributed by atoms with Crippen LogP contribution in [-0.2, 0) is 16.1 Å².